The Hall–Kier alpha value is -3.96. The molecule has 2 heterocycles. The van der Waals surface area contributed by atoms with Crippen molar-refractivity contribution in [2.45, 2.75) is 38.8 Å². The van der Waals surface area contributed by atoms with Gasteiger partial charge >= 0.3 is 0 Å². The van der Waals surface area contributed by atoms with Crippen LogP contribution in [0, 0.1) is 13.8 Å². The van der Waals surface area contributed by atoms with Gasteiger partial charge in [-0.1, -0.05) is 18.2 Å². The highest BCUT2D eigenvalue weighted by Crippen LogP contribution is 2.34. The summed E-state index contributed by atoms with van der Waals surface area (Å²) in [5.41, 5.74) is 13.8. The molecule has 0 saturated carbocycles. The van der Waals surface area contributed by atoms with E-state index in [2.05, 4.69) is 9.69 Å². The van der Waals surface area contributed by atoms with Gasteiger partial charge in [-0.15, -0.1) is 0 Å². The molecule has 11 heteroatoms. The third-order valence-corrected chi connectivity index (χ3v) is 6.95. The number of rotatable bonds is 8. The second-order valence-corrected chi connectivity index (χ2v) is 9.81. The van der Waals surface area contributed by atoms with Crippen molar-refractivity contribution < 1.29 is 24.2 Å². The van der Waals surface area contributed by atoms with Gasteiger partial charge in [0.1, 0.15) is 16.7 Å². The number of anilines is 2. The highest BCUT2D eigenvalue weighted by Gasteiger charge is 2.36. The number of ether oxygens (including phenoxy) is 1. The van der Waals surface area contributed by atoms with Crippen LogP contribution in [0.4, 0.5) is 11.4 Å². The molecule has 3 aromatic rings. The second-order valence-electron chi connectivity index (χ2n) is 9.03. The molecule has 37 heavy (non-hydrogen) atoms. The number of carbonyl (C=O) groups excluding carboxylic acids is 3. The summed E-state index contributed by atoms with van der Waals surface area (Å²) in [5.74, 6) is -1.88. The Bertz CT molecular complexity index is 1300. The first-order valence-electron chi connectivity index (χ1n) is 11.8. The lowest BCUT2D eigenvalue weighted by molar-refractivity contribution is -0.123. The molecular weight excluding hydrogens is 494 g/mol. The maximum atomic E-state index is 14.1. The van der Waals surface area contributed by atoms with Crippen LogP contribution in [0.1, 0.15) is 55.7 Å². The van der Waals surface area contributed by atoms with Crippen molar-refractivity contribution in [2.75, 3.05) is 23.8 Å². The molecule has 1 aliphatic rings. The first-order valence-corrected chi connectivity index (χ1v) is 12.6. The van der Waals surface area contributed by atoms with E-state index in [1.807, 2.05) is 19.9 Å². The molecular formula is C26H29N5O5S. The first-order chi connectivity index (χ1) is 17.7. The van der Waals surface area contributed by atoms with Crippen LogP contribution in [0.25, 0.3) is 0 Å². The fourth-order valence-electron chi connectivity index (χ4n) is 4.40. The Balaban J connectivity index is 1.83. The van der Waals surface area contributed by atoms with Crippen LogP contribution in [0.2, 0.25) is 0 Å². The van der Waals surface area contributed by atoms with Crippen LogP contribution in [0.15, 0.2) is 42.5 Å². The van der Waals surface area contributed by atoms with Crippen LogP contribution in [0.5, 0.6) is 5.75 Å². The minimum atomic E-state index is -1.13. The van der Waals surface area contributed by atoms with E-state index in [1.165, 1.54) is 17.0 Å². The Morgan fingerprint density at radius 1 is 1.19 bits per heavy atom. The number of aromatic nitrogens is 1. The van der Waals surface area contributed by atoms with E-state index >= 15 is 0 Å². The highest BCUT2D eigenvalue weighted by atomic mass is 32.1. The van der Waals surface area contributed by atoms with Gasteiger partial charge in [-0.3, -0.25) is 19.3 Å². The van der Waals surface area contributed by atoms with Crippen molar-refractivity contribution in [1.29, 1.82) is 0 Å². The number of aromatic hydroxyl groups is 1. The molecule has 3 amide bonds. The highest BCUT2D eigenvalue weighted by molar-refractivity contribution is 7.09. The number of nitrogens with zero attached hydrogens (tertiary/aromatic N) is 2. The van der Waals surface area contributed by atoms with Gasteiger partial charge in [-0.2, -0.15) is 4.37 Å². The average molecular weight is 524 g/mol. The number of hydrogen-bond donors (Lipinski definition) is 4. The van der Waals surface area contributed by atoms with Crippen molar-refractivity contribution in [2.24, 2.45) is 5.73 Å². The van der Waals surface area contributed by atoms with Gasteiger partial charge < -0.3 is 26.6 Å². The summed E-state index contributed by atoms with van der Waals surface area (Å²) >= 11 is 0.746. The van der Waals surface area contributed by atoms with Gasteiger partial charge in [0.2, 0.25) is 5.91 Å². The fraction of sp³-hybridized carbons (Fsp3) is 0.308. The number of amides is 3. The second kappa shape index (κ2) is 11.0. The quantitative estimate of drug-likeness (QED) is 0.353. The summed E-state index contributed by atoms with van der Waals surface area (Å²) in [7, 11) is 0. The van der Waals surface area contributed by atoms with E-state index in [-0.39, 0.29) is 34.7 Å². The normalized spacial score (nSPS) is 15.8. The van der Waals surface area contributed by atoms with Crippen molar-refractivity contribution in [1.82, 2.24) is 9.69 Å². The molecule has 0 unspecified atom stereocenters. The Labute approximate surface area is 218 Å². The van der Waals surface area contributed by atoms with Gasteiger partial charge in [-0.25, -0.2) is 0 Å². The summed E-state index contributed by atoms with van der Waals surface area (Å²) in [6.45, 7) is 4.70. The number of nitrogen functional groups attached to an aromatic ring is 1. The van der Waals surface area contributed by atoms with E-state index in [0.717, 1.165) is 35.5 Å². The van der Waals surface area contributed by atoms with Gasteiger partial charge in [0.15, 0.2) is 5.69 Å². The lowest BCUT2D eigenvalue weighted by Crippen LogP contribution is -2.45. The molecule has 1 fully saturated rings. The molecule has 2 atom stereocenters. The van der Waals surface area contributed by atoms with E-state index in [4.69, 9.17) is 16.2 Å². The van der Waals surface area contributed by atoms with E-state index in [1.54, 1.807) is 24.3 Å². The third kappa shape index (κ3) is 5.73. The third-order valence-electron chi connectivity index (χ3n) is 6.10. The lowest BCUT2D eigenvalue weighted by Gasteiger charge is -2.32. The molecule has 4 rings (SSSR count). The largest absolute Gasteiger partial charge is 0.508 e. The average Bonchev–Trinajstić information content (AvgIpc) is 3.50. The standard InChI is InChI=1S/C26H29N5O5S/c1-14-10-15(2)12-17(11-14)31(26(35)23-20(27)21(24(28)33)30-37-23)22(16-5-7-18(32)8-6-16)25(34)29-13-19-4-3-9-36-19/h5-8,10-12,19,22,32H,3-4,9,13,27H2,1-2H3,(H2,28,33)(H,29,34)/t19-,22-/m1/s1. The number of phenols is 1. The minimum Gasteiger partial charge on any atom is -0.508 e. The number of aryl methyl sites for hydroxylation is 2. The summed E-state index contributed by atoms with van der Waals surface area (Å²) in [5, 5.41) is 12.8. The van der Waals surface area contributed by atoms with Crippen molar-refractivity contribution in [3.8, 4) is 5.75 Å². The molecule has 0 bridgehead atoms. The van der Waals surface area contributed by atoms with E-state index in [9.17, 15) is 19.5 Å². The minimum absolute atomic E-state index is 0.0105. The maximum Gasteiger partial charge on any atom is 0.273 e. The lowest BCUT2D eigenvalue weighted by atomic mass is 10.0. The number of benzene rings is 2. The Morgan fingerprint density at radius 3 is 2.43 bits per heavy atom. The van der Waals surface area contributed by atoms with Crippen molar-refractivity contribution in [3.63, 3.8) is 0 Å². The molecule has 6 N–H and O–H groups in total. The number of nitrogens with one attached hydrogen (secondary N) is 1. The van der Waals surface area contributed by atoms with Gasteiger partial charge in [0.05, 0.1) is 11.8 Å². The molecule has 0 spiro atoms. The number of hydrogen-bond acceptors (Lipinski definition) is 8. The monoisotopic (exact) mass is 523 g/mol. The SMILES string of the molecule is Cc1cc(C)cc(N(C(=O)c2snc(C(N)=O)c2N)[C@@H](C(=O)NC[C@H]2CCCO2)c2ccc(O)cc2)c1. The van der Waals surface area contributed by atoms with Crippen LogP contribution in [-0.2, 0) is 9.53 Å². The molecule has 2 aromatic carbocycles. The van der Waals surface area contributed by atoms with Crippen molar-refractivity contribution >= 4 is 40.6 Å². The predicted molar refractivity (Wildman–Crippen MR) is 141 cm³/mol. The van der Waals surface area contributed by atoms with Gasteiger partial charge in [0.25, 0.3) is 11.8 Å². The Morgan fingerprint density at radius 2 is 1.86 bits per heavy atom. The van der Waals surface area contributed by atoms with Crippen LogP contribution in [0.3, 0.4) is 0 Å². The smallest absolute Gasteiger partial charge is 0.273 e. The maximum absolute atomic E-state index is 14.1. The molecule has 0 aliphatic carbocycles. The van der Waals surface area contributed by atoms with E-state index < -0.39 is 23.8 Å². The summed E-state index contributed by atoms with van der Waals surface area (Å²) < 4.78 is 9.61. The molecule has 1 saturated heterocycles. The summed E-state index contributed by atoms with van der Waals surface area (Å²) in [6.07, 6.45) is 1.64. The van der Waals surface area contributed by atoms with Crippen LogP contribution in [-0.4, -0.2) is 46.5 Å². The zero-order chi connectivity index (χ0) is 26.7. The fourth-order valence-corrected chi connectivity index (χ4v) is 5.14. The topological polar surface area (TPSA) is 161 Å². The summed E-state index contributed by atoms with van der Waals surface area (Å²) in [6, 6.07) is 10.5. The number of nitrogens with two attached hydrogens (primary N) is 2. The van der Waals surface area contributed by atoms with Gasteiger partial charge in [0, 0.05) is 18.8 Å². The van der Waals surface area contributed by atoms with Crippen LogP contribution < -0.4 is 21.7 Å². The molecule has 10 nitrogen and oxygen atoms in total. The summed E-state index contributed by atoms with van der Waals surface area (Å²) in [4.78, 5) is 40.9. The van der Waals surface area contributed by atoms with Crippen LogP contribution >= 0.6 is 11.5 Å². The van der Waals surface area contributed by atoms with E-state index in [0.29, 0.717) is 17.9 Å². The van der Waals surface area contributed by atoms with Gasteiger partial charge in [-0.05, 0) is 79.2 Å². The molecule has 1 aromatic heterocycles. The molecule has 194 valence electrons. The number of phenolic OH excluding ortho intramolecular Hbond substituents is 1. The Kier molecular flexibility index (Phi) is 7.74. The number of carbonyl (C=O) groups is 3. The number of primary amides is 1. The molecule has 1 aliphatic heterocycles. The zero-order valence-corrected chi connectivity index (χ0v) is 21.4. The first kappa shape index (κ1) is 26.1. The molecule has 0 radical (unpaired) electrons. The zero-order valence-electron chi connectivity index (χ0n) is 20.6. The van der Waals surface area contributed by atoms with Crippen molar-refractivity contribution in [3.05, 3.63) is 69.7 Å². The predicted octanol–water partition coefficient (Wildman–Crippen LogP) is 2.83.